The topological polar surface area (TPSA) is 68.3 Å². The summed E-state index contributed by atoms with van der Waals surface area (Å²) in [5, 5.41) is 5.00. The normalized spacial score (nSPS) is 15.4. The predicted octanol–water partition coefficient (Wildman–Crippen LogP) is 3.06. The lowest BCUT2D eigenvalue weighted by molar-refractivity contribution is -0.139. The fraction of sp³-hybridized carbons (Fsp3) is 0.353. The molecule has 1 aromatic carbocycles. The molecule has 1 N–H and O–H groups in total. The van der Waals surface area contributed by atoms with Gasteiger partial charge in [0.15, 0.2) is 5.13 Å². The number of amides is 1. The number of halogens is 1. The number of thiazole rings is 1. The molecule has 0 bridgehead atoms. The molecule has 0 radical (unpaired) electrons. The average Bonchev–Trinajstić information content (AvgIpc) is 2.95. The Balaban J connectivity index is 1.73. The smallest absolute Gasteiger partial charge is 0.311 e. The first-order valence-electron chi connectivity index (χ1n) is 7.62. The van der Waals surface area contributed by atoms with Gasteiger partial charge < -0.3 is 10.1 Å². The molecule has 0 saturated heterocycles. The van der Waals surface area contributed by atoms with Gasteiger partial charge in [-0.15, -0.1) is 11.3 Å². The number of methoxy groups -OCH3 is 1. The van der Waals surface area contributed by atoms with Crippen LogP contribution in [0.1, 0.15) is 30.5 Å². The van der Waals surface area contributed by atoms with Crippen molar-refractivity contribution in [3.63, 3.8) is 0 Å². The van der Waals surface area contributed by atoms with Gasteiger partial charge in [0.05, 0.1) is 24.6 Å². The van der Waals surface area contributed by atoms with E-state index >= 15 is 0 Å². The first kappa shape index (κ1) is 16.6. The van der Waals surface area contributed by atoms with Gasteiger partial charge in [0, 0.05) is 5.38 Å². The van der Waals surface area contributed by atoms with Crippen molar-refractivity contribution in [3.8, 4) is 0 Å². The number of hydrogen-bond donors (Lipinski definition) is 1. The van der Waals surface area contributed by atoms with Crippen LogP contribution in [0.5, 0.6) is 0 Å². The van der Waals surface area contributed by atoms with Gasteiger partial charge in [-0.05, 0) is 30.5 Å². The van der Waals surface area contributed by atoms with E-state index in [4.69, 9.17) is 0 Å². The summed E-state index contributed by atoms with van der Waals surface area (Å²) in [6, 6.07) is 6.08. The van der Waals surface area contributed by atoms with Crippen LogP contribution in [0.4, 0.5) is 9.52 Å². The number of aromatic nitrogens is 1. The van der Waals surface area contributed by atoms with Gasteiger partial charge in [0.25, 0.3) is 0 Å². The molecule has 7 heteroatoms. The van der Waals surface area contributed by atoms with Crippen molar-refractivity contribution < 1.29 is 18.7 Å². The number of ether oxygens (including phenoxy) is 1. The Bertz CT molecular complexity index is 753. The summed E-state index contributed by atoms with van der Waals surface area (Å²) in [5.41, 5.74) is 0.757. The Hall–Kier alpha value is -2.28. The van der Waals surface area contributed by atoms with E-state index in [1.165, 1.54) is 30.6 Å². The molecule has 1 fully saturated rings. The van der Waals surface area contributed by atoms with Gasteiger partial charge in [0.1, 0.15) is 5.82 Å². The van der Waals surface area contributed by atoms with E-state index in [9.17, 15) is 14.0 Å². The zero-order chi connectivity index (χ0) is 17.2. The molecule has 1 aromatic heterocycles. The zero-order valence-corrected chi connectivity index (χ0v) is 14.0. The fourth-order valence-corrected chi connectivity index (χ4v) is 3.53. The number of nitrogens with one attached hydrogen (secondary N) is 1. The van der Waals surface area contributed by atoms with Crippen molar-refractivity contribution in [1.82, 2.24) is 4.98 Å². The van der Waals surface area contributed by atoms with E-state index in [-0.39, 0.29) is 24.1 Å². The summed E-state index contributed by atoms with van der Waals surface area (Å²) in [5.74, 6) is -0.833. The molecule has 24 heavy (non-hydrogen) atoms. The van der Waals surface area contributed by atoms with Crippen LogP contribution in [0.3, 0.4) is 0 Å². The van der Waals surface area contributed by atoms with Gasteiger partial charge in [-0.2, -0.15) is 0 Å². The van der Waals surface area contributed by atoms with Gasteiger partial charge in [0.2, 0.25) is 5.91 Å². The summed E-state index contributed by atoms with van der Waals surface area (Å²) < 4.78 is 17.7. The first-order chi connectivity index (χ1) is 11.5. The van der Waals surface area contributed by atoms with E-state index in [1.54, 1.807) is 17.5 Å². The molecule has 1 amide bonds. The largest absolute Gasteiger partial charge is 0.469 e. The third-order valence-electron chi connectivity index (χ3n) is 4.36. The number of anilines is 1. The number of carbonyl (C=O) groups excluding carboxylic acids is 2. The van der Waals surface area contributed by atoms with E-state index in [0.717, 1.165) is 24.8 Å². The maximum absolute atomic E-state index is 13.1. The van der Waals surface area contributed by atoms with Crippen LogP contribution in [0.2, 0.25) is 0 Å². The average molecular weight is 348 g/mol. The number of hydrogen-bond acceptors (Lipinski definition) is 5. The summed E-state index contributed by atoms with van der Waals surface area (Å²) in [4.78, 5) is 28.3. The van der Waals surface area contributed by atoms with Crippen molar-refractivity contribution in [1.29, 1.82) is 0 Å². The Morgan fingerprint density at radius 1 is 1.33 bits per heavy atom. The summed E-state index contributed by atoms with van der Waals surface area (Å²) in [6.45, 7) is 0. The zero-order valence-electron chi connectivity index (χ0n) is 13.2. The van der Waals surface area contributed by atoms with Gasteiger partial charge in [-0.3, -0.25) is 9.59 Å². The van der Waals surface area contributed by atoms with Crippen LogP contribution in [0, 0.1) is 5.82 Å². The Morgan fingerprint density at radius 2 is 2.04 bits per heavy atom. The second kappa shape index (κ2) is 6.68. The van der Waals surface area contributed by atoms with E-state index < -0.39 is 5.41 Å². The molecular weight excluding hydrogens is 331 g/mol. The lowest BCUT2D eigenvalue weighted by Crippen LogP contribution is -2.46. The molecule has 0 atom stereocenters. The number of rotatable bonds is 5. The van der Waals surface area contributed by atoms with Crippen molar-refractivity contribution in [3.05, 3.63) is 46.7 Å². The van der Waals surface area contributed by atoms with Crippen molar-refractivity contribution in [2.45, 2.75) is 31.1 Å². The summed E-state index contributed by atoms with van der Waals surface area (Å²) >= 11 is 1.27. The highest BCUT2D eigenvalue weighted by Crippen LogP contribution is 2.44. The Labute approximate surface area is 142 Å². The maximum atomic E-state index is 13.1. The van der Waals surface area contributed by atoms with Crippen LogP contribution >= 0.6 is 11.3 Å². The Morgan fingerprint density at radius 3 is 2.62 bits per heavy atom. The van der Waals surface area contributed by atoms with Crippen molar-refractivity contribution in [2.24, 2.45) is 0 Å². The highest BCUT2D eigenvalue weighted by Gasteiger charge is 2.45. The third kappa shape index (κ3) is 3.17. The number of carbonyl (C=O) groups is 2. The van der Waals surface area contributed by atoms with Crippen molar-refractivity contribution >= 4 is 28.3 Å². The number of benzene rings is 1. The monoisotopic (exact) mass is 348 g/mol. The SMILES string of the molecule is COC(=O)Cc1csc(NC(=O)C2(c3ccc(F)cc3)CCC2)n1. The van der Waals surface area contributed by atoms with E-state index in [2.05, 4.69) is 15.0 Å². The van der Waals surface area contributed by atoms with Gasteiger partial charge >= 0.3 is 5.97 Å². The highest BCUT2D eigenvalue weighted by atomic mass is 32.1. The molecule has 1 aliphatic rings. The molecule has 1 heterocycles. The molecule has 1 aliphatic carbocycles. The van der Waals surface area contributed by atoms with Crippen LogP contribution < -0.4 is 5.32 Å². The van der Waals surface area contributed by atoms with Gasteiger partial charge in [-0.1, -0.05) is 18.6 Å². The molecule has 2 aromatic rings. The predicted molar refractivity (Wildman–Crippen MR) is 88.4 cm³/mol. The van der Waals surface area contributed by atoms with Crippen LogP contribution in [0.15, 0.2) is 29.6 Å². The van der Waals surface area contributed by atoms with Crippen LogP contribution in [0.25, 0.3) is 0 Å². The fourth-order valence-electron chi connectivity index (χ4n) is 2.83. The minimum absolute atomic E-state index is 0.0754. The lowest BCUT2D eigenvalue weighted by Gasteiger charge is -2.40. The second-order valence-corrected chi connectivity index (χ2v) is 6.65. The molecule has 0 aliphatic heterocycles. The molecule has 5 nitrogen and oxygen atoms in total. The number of esters is 1. The summed E-state index contributed by atoms with van der Waals surface area (Å²) in [7, 11) is 1.32. The molecule has 3 rings (SSSR count). The number of nitrogens with zero attached hydrogens (tertiary/aromatic N) is 1. The summed E-state index contributed by atoms with van der Waals surface area (Å²) in [6.07, 6.45) is 2.48. The standard InChI is InChI=1S/C17H17FN2O3S/c1-23-14(21)9-13-10-24-16(19-13)20-15(22)17(7-2-8-17)11-3-5-12(18)6-4-11/h3-6,10H,2,7-9H2,1H3,(H,19,20,22). The Kier molecular flexibility index (Phi) is 4.62. The maximum Gasteiger partial charge on any atom is 0.311 e. The second-order valence-electron chi connectivity index (χ2n) is 5.79. The minimum Gasteiger partial charge on any atom is -0.469 e. The van der Waals surface area contributed by atoms with Gasteiger partial charge in [-0.25, -0.2) is 9.37 Å². The highest BCUT2D eigenvalue weighted by molar-refractivity contribution is 7.13. The van der Waals surface area contributed by atoms with Crippen molar-refractivity contribution in [2.75, 3.05) is 12.4 Å². The molecule has 0 spiro atoms. The van der Waals surface area contributed by atoms with E-state index in [1.807, 2.05) is 0 Å². The van der Waals surface area contributed by atoms with Crippen LogP contribution in [-0.2, 0) is 26.2 Å². The minimum atomic E-state index is -0.623. The molecule has 126 valence electrons. The molecular formula is C17H17FN2O3S. The molecule has 0 unspecified atom stereocenters. The third-order valence-corrected chi connectivity index (χ3v) is 5.17. The van der Waals surface area contributed by atoms with Crippen LogP contribution in [-0.4, -0.2) is 24.0 Å². The lowest BCUT2D eigenvalue weighted by atomic mass is 9.64. The first-order valence-corrected chi connectivity index (χ1v) is 8.50. The van der Waals surface area contributed by atoms with E-state index in [0.29, 0.717) is 10.8 Å². The molecule has 1 saturated carbocycles. The quantitative estimate of drug-likeness (QED) is 0.843.